The molecular weight excluding hydrogens is 252 g/mol. The number of carbonyl (C=O) groups is 1. The second-order valence-electron chi connectivity index (χ2n) is 1.64. The second kappa shape index (κ2) is 3.56. The molecule has 9 heavy (non-hydrogen) atoms. The normalized spacial score (nSPS) is 11.1. The fourth-order valence-corrected chi connectivity index (χ4v) is 0.633. The molecular formula is C5H8Br2O2. The van der Waals surface area contributed by atoms with Crippen LogP contribution in [0, 0.1) is 0 Å². The Balaban J connectivity index is 3.60. The third-order valence-electron chi connectivity index (χ3n) is 0.582. The number of hydrogen-bond donors (Lipinski definition) is 0. The average molecular weight is 260 g/mol. The monoisotopic (exact) mass is 258 g/mol. The average Bonchev–Trinajstić information content (AvgIpc) is 1.62. The van der Waals surface area contributed by atoms with E-state index >= 15 is 0 Å². The van der Waals surface area contributed by atoms with Crippen molar-refractivity contribution in [1.82, 2.24) is 0 Å². The van der Waals surface area contributed by atoms with Crippen molar-refractivity contribution in [3.8, 4) is 0 Å². The zero-order valence-electron chi connectivity index (χ0n) is 5.28. The molecule has 0 saturated heterocycles. The zero-order valence-corrected chi connectivity index (χ0v) is 8.45. The van der Waals surface area contributed by atoms with Gasteiger partial charge in [-0.2, -0.15) is 0 Å². The van der Waals surface area contributed by atoms with Crippen molar-refractivity contribution in [2.75, 3.05) is 0 Å². The maximum Gasteiger partial charge on any atom is 0.307 e. The van der Waals surface area contributed by atoms with Crippen molar-refractivity contribution in [3.05, 3.63) is 0 Å². The maximum atomic E-state index is 10.5. The van der Waals surface area contributed by atoms with Crippen molar-refractivity contribution < 1.29 is 9.53 Å². The van der Waals surface area contributed by atoms with E-state index < -0.39 is 3.42 Å². The van der Waals surface area contributed by atoms with Crippen molar-refractivity contribution in [2.45, 2.75) is 23.7 Å². The highest BCUT2D eigenvalue weighted by Crippen LogP contribution is 2.26. The lowest BCUT2D eigenvalue weighted by molar-refractivity contribution is -0.144. The van der Waals surface area contributed by atoms with Gasteiger partial charge in [0.15, 0.2) is 0 Å². The minimum absolute atomic E-state index is 0.230. The van der Waals surface area contributed by atoms with Gasteiger partial charge in [-0.25, -0.2) is 0 Å². The summed E-state index contributed by atoms with van der Waals surface area (Å²) >= 11 is 6.19. The number of hydrogen-bond acceptors (Lipinski definition) is 2. The molecule has 0 aromatic heterocycles. The van der Waals surface area contributed by atoms with Crippen LogP contribution in [0.25, 0.3) is 0 Å². The first-order valence-corrected chi connectivity index (χ1v) is 4.14. The van der Waals surface area contributed by atoms with Gasteiger partial charge in [0.25, 0.3) is 0 Å². The molecule has 0 aliphatic carbocycles. The summed E-state index contributed by atoms with van der Waals surface area (Å²) in [6.07, 6.45) is 0.396. The van der Waals surface area contributed by atoms with E-state index in [0.717, 1.165) is 0 Å². The molecule has 0 amide bonds. The number of halogens is 2. The molecule has 0 unspecified atom stereocenters. The molecule has 0 aliphatic rings. The van der Waals surface area contributed by atoms with Crippen LogP contribution in [0.1, 0.15) is 20.3 Å². The lowest BCUT2D eigenvalue weighted by Gasteiger charge is -2.13. The molecule has 0 rings (SSSR count). The Morgan fingerprint density at radius 2 is 2.11 bits per heavy atom. The molecule has 0 aliphatic heterocycles. The molecule has 0 bridgehead atoms. The van der Waals surface area contributed by atoms with Gasteiger partial charge >= 0.3 is 5.97 Å². The topological polar surface area (TPSA) is 26.3 Å². The highest BCUT2D eigenvalue weighted by Gasteiger charge is 2.18. The molecule has 4 heteroatoms. The summed E-state index contributed by atoms with van der Waals surface area (Å²) in [6, 6.07) is 0. The zero-order chi connectivity index (χ0) is 7.49. The van der Waals surface area contributed by atoms with Crippen molar-refractivity contribution in [2.24, 2.45) is 0 Å². The van der Waals surface area contributed by atoms with Crippen LogP contribution in [0.2, 0.25) is 0 Å². The van der Waals surface area contributed by atoms with Crippen LogP contribution < -0.4 is 0 Å². The first-order chi connectivity index (χ1) is 3.95. The Morgan fingerprint density at radius 1 is 1.67 bits per heavy atom. The van der Waals surface area contributed by atoms with E-state index in [1.807, 2.05) is 0 Å². The van der Waals surface area contributed by atoms with Gasteiger partial charge in [0.1, 0.15) is 0 Å². The standard InChI is InChI=1S/C5H8Br2O2/c1-3-4(8)9-5(2,6)7/h3H2,1-2H3. The summed E-state index contributed by atoms with van der Waals surface area (Å²) in [5, 5.41) is 0. The number of rotatable bonds is 2. The fourth-order valence-electron chi connectivity index (χ4n) is 0.272. The molecule has 0 heterocycles. The summed E-state index contributed by atoms with van der Waals surface area (Å²) in [7, 11) is 0. The van der Waals surface area contributed by atoms with Crippen molar-refractivity contribution in [1.29, 1.82) is 0 Å². The Morgan fingerprint density at radius 3 is 2.22 bits per heavy atom. The molecule has 0 atom stereocenters. The van der Waals surface area contributed by atoms with Gasteiger partial charge in [0.2, 0.25) is 3.42 Å². The summed E-state index contributed by atoms with van der Waals surface area (Å²) in [6.45, 7) is 3.44. The molecule has 0 fully saturated rings. The number of ether oxygens (including phenoxy) is 1. The molecule has 0 radical (unpaired) electrons. The predicted molar refractivity (Wildman–Crippen MR) is 42.6 cm³/mol. The van der Waals surface area contributed by atoms with E-state index in [1.54, 1.807) is 13.8 Å². The van der Waals surface area contributed by atoms with Crippen LogP contribution in [0.4, 0.5) is 0 Å². The second-order valence-corrected chi connectivity index (χ2v) is 5.73. The minimum atomic E-state index is -0.701. The van der Waals surface area contributed by atoms with Crippen LogP contribution >= 0.6 is 31.9 Å². The van der Waals surface area contributed by atoms with E-state index in [0.29, 0.717) is 6.42 Å². The van der Waals surface area contributed by atoms with E-state index in [4.69, 9.17) is 4.74 Å². The van der Waals surface area contributed by atoms with Gasteiger partial charge < -0.3 is 4.74 Å². The summed E-state index contributed by atoms with van der Waals surface area (Å²) < 4.78 is 4.08. The van der Waals surface area contributed by atoms with Gasteiger partial charge in [-0.1, -0.05) is 6.92 Å². The highest BCUT2D eigenvalue weighted by atomic mass is 79.9. The molecule has 2 nitrogen and oxygen atoms in total. The summed E-state index contributed by atoms with van der Waals surface area (Å²) in [5.41, 5.74) is 0. The van der Waals surface area contributed by atoms with Crippen molar-refractivity contribution >= 4 is 37.8 Å². The van der Waals surface area contributed by atoms with Gasteiger partial charge in [0, 0.05) is 6.42 Å². The third kappa shape index (κ3) is 6.31. The number of alkyl halides is 2. The lowest BCUT2D eigenvalue weighted by atomic mass is 10.5. The third-order valence-corrected chi connectivity index (χ3v) is 0.905. The molecule has 0 aromatic carbocycles. The highest BCUT2D eigenvalue weighted by molar-refractivity contribution is 9.25. The van der Waals surface area contributed by atoms with Gasteiger partial charge in [-0.15, -0.1) is 0 Å². The van der Waals surface area contributed by atoms with Gasteiger partial charge in [0.05, 0.1) is 0 Å². The Hall–Kier alpha value is 0.430. The Bertz CT molecular complexity index is 106. The van der Waals surface area contributed by atoms with Crippen LogP contribution in [-0.4, -0.2) is 9.39 Å². The molecule has 0 saturated carbocycles. The van der Waals surface area contributed by atoms with Crippen LogP contribution in [0.15, 0.2) is 0 Å². The Labute approximate surface area is 71.2 Å². The van der Waals surface area contributed by atoms with Crippen LogP contribution in [0.3, 0.4) is 0 Å². The smallest absolute Gasteiger partial charge is 0.307 e. The quantitative estimate of drug-likeness (QED) is 0.562. The number of carbonyl (C=O) groups excluding carboxylic acids is 1. The van der Waals surface area contributed by atoms with Gasteiger partial charge in [-0.05, 0) is 38.8 Å². The number of esters is 1. The van der Waals surface area contributed by atoms with Crippen LogP contribution in [0.5, 0.6) is 0 Å². The lowest BCUT2D eigenvalue weighted by Crippen LogP contribution is -2.16. The summed E-state index contributed by atoms with van der Waals surface area (Å²) in [5.74, 6) is -0.230. The molecule has 54 valence electrons. The van der Waals surface area contributed by atoms with Crippen LogP contribution in [-0.2, 0) is 9.53 Å². The van der Waals surface area contributed by atoms with E-state index in [2.05, 4.69) is 31.9 Å². The summed E-state index contributed by atoms with van der Waals surface area (Å²) in [4.78, 5) is 10.5. The predicted octanol–water partition coefficient (Wildman–Crippen LogP) is 2.40. The van der Waals surface area contributed by atoms with Crippen molar-refractivity contribution in [3.63, 3.8) is 0 Å². The fraction of sp³-hybridized carbons (Fsp3) is 0.800. The van der Waals surface area contributed by atoms with E-state index in [9.17, 15) is 4.79 Å². The van der Waals surface area contributed by atoms with Gasteiger partial charge in [-0.3, -0.25) is 4.79 Å². The first-order valence-electron chi connectivity index (χ1n) is 2.55. The van der Waals surface area contributed by atoms with E-state index in [1.165, 1.54) is 0 Å². The molecule has 0 N–H and O–H groups in total. The Kier molecular flexibility index (Phi) is 3.73. The van der Waals surface area contributed by atoms with E-state index in [-0.39, 0.29) is 5.97 Å². The molecule has 0 spiro atoms. The largest absolute Gasteiger partial charge is 0.437 e. The molecule has 0 aromatic rings. The minimum Gasteiger partial charge on any atom is -0.437 e. The SMILES string of the molecule is CCC(=O)OC(C)(Br)Br. The first kappa shape index (κ1) is 9.43. The maximum absolute atomic E-state index is 10.5.